The normalized spacial score (nSPS) is 11.5. The number of aliphatic hydroxyl groups excluding tert-OH is 1. The molecule has 0 rings (SSSR count). The van der Waals surface area contributed by atoms with Gasteiger partial charge in [0.2, 0.25) is 0 Å². The molecule has 3 N–H and O–H groups in total. The highest BCUT2D eigenvalue weighted by atomic mass is 35.5. The van der Waals surface area contributed by atoms with Gasteiger partial charge in [0, 0.05) is 6.61 Å². The quantitative estimate of drug-likeness (QED) is 0.548. The number of esters is 1. The minimum Gasteiger partial charge on any atom is -0.468 e. The molecular formula is C5H12ClNO3. The van der Waals surface area contributed by atoms with E-state index in [4.69, 9.17) is 10.8 Å². The van der Waals surface area contributed by atoms with Gasteiger partial charge in [-0.25, -0.2) is 0 Å². The second-order valence-electron chi connectivity index (χ2n) is 1.64. The molecule has 0 aliphatic rings. The van der Waals surface area contributed by atoms with E-state index in [2.05, 4.69) is 4.74 Å². The van der Waals surface area contributed by atoms with E-state index in [1.54, 1.807) is 0 Å². The Morgan fingerprint density at radius 2 is 2.30 bits per heavy atom. The standard InChI is InChI=1S/C5H11NO3.ClH/c1-9-5(8)4(6)2-3-7;/h4,7H,2-3,6H2,1H3;1H/t4-;/m1./s1. The van der Waals surface area contributed by atoms with Crippen molar-refractivity contribution < 1.29 is 14.6 Å². The Hall–Kier alpha value is -0.320. The predicted octanol–water partition coefficient (Wildman–Crippen LogP) is -0.709. The highest BCUT2D eigenvalue weighted by Crippen LogP contribution is 1.87. The van der Waals surface area contributed by atoms with Crippen LogP contribution in [-0.4, -0.2) is 30.8 Å². The van der Waals surface area contributed by atoms with Crippen molar-refractivity contribution in [1.82, 2.24) is 0 Å². The smallest absolute Gasteiger partial charge is 0.322 e. The summed E-state index contributed by atoms with van der Waals surface area (Å²) in [5, 5.41) is 8.29. The third kappa shape index (κ3) is 4.55. The molecule has 4 nitrogen and oxygen atoms in total. The van der Waals surface area contributed by atoms with Crippen molar-refractivity contribution in [2.24, 2.45) is 5.73 Å². The molecule has 0 aliphatic heterocycles. The fourth-order valence-corrected chi connectivity index (χ4v) is 0.408. The lowest BCUT2D eigenvalue weighted by atomic mass is 10.2. The van der Waals surface area contributed by atoms with Crippen molar-refractivity contribution in [3.05, 3.63) is 0 Å². The van der Waals surface area contributed by atoms with Gasteiger partial charge < -0.3 is 15.6 Å². The molecule has 0 radical (unpaired) electrons. The van der Waals surface area contributed by atoms with Crippen LogP contribution in [0.15, 0.2) is 0 Å². The highest BCUT2D eigenvalue weighted by Gasteiger charge is 2.11. The second kappa shape index (κ2) is 6.80. The minimum atomic E-state index is -0.681. The molecule has 0 aromatic carbocycles. The third-order valence-electron chi connectivity index (χ3n) is 0.944. The average molecular weight is 170 g/mol. The zero-order chi connectivity index (χ0) is 7.28. The molecule has 0 aromatic heterocycles. The Labute approximate surface area is 65.8 Å². The lowest BCUT2D eigenvalue weighted by molar-refractivity contribution is -0.142. The van der Waals surface area contributed by atoms with Gasteiger partial charge in [-0.15, -0.1) is 12.4 Å². The second-order valence-corrected chi connectivity index (χ2v) is 1.64. The van der Waals surface area contributed by atoms with Crippen LogP contribution < -0.4 is 5.73 Å². The maximum Gasteiger partial charge on any atom is 0.322 e. The van der Waals surface area contributed by atoms with Gasteiger partial charge in [-0.2, -0.15) is 0 Å². The van der Waals surface area contributed by atoms with Gasteiger partial charge in [-0.1, -0.05) is 0 Å². The molecule has 62 valence electrons. The molecule has 0 unspecified atom stereocenters. The number of rotatable bonds is 3. The van der Waals surface area contributed by atoms with E-state index in [1.165, 1.54) is 7.11 Å². The summed E-state index contributed by atoms with van der Waals surface area (Å²) in [7, 11) is 1.26. The highest BCUT2D eigenvalue weighted by molar-refractivity contribution is 5.85. The van der Waals surface area contributed by atoms with Gasteiger partial charge in [0.1, 0.15) is 6.04 Å². The summed E-state index contributed by atoms with van der Waals surface area (Å²) in [6, 6.07) is -0.681. The summed E-state index contributed by atoms with van der Waals surface area (Å²) in [5.74, 6) is -0.482. The van der Waals surface area contributed by atoms with E-state index in [9.17, 15) is 4.79 Å². The number of carbonyl (C=O) groups is 1. The molecule has 0 aromatic rings. The van der Waals surface area contributed by atoms with Crippen molar-refractivity contribution in [3.63, 3.8) is 0 Å². The van der Waals surface area contributed by atoms with E-state index < -0.39 is 12.0 Å². The van der Waals surface area contributed by atoms with E-state index in [-0.39, 0.29) is 25.4 Å². The van der Waals surface area contributed by atoms with E-state index >= 15 is 0 Å². The Morgan fingerprint density at radius 3 is 2.60 bits per heavy atom. The fourth-order valence-electron chi connectivity index (χ4n) is 0.408. The molecule has 0 aliphatic carbocycles. The maximum absolute atomic E-state index is 10.4. The van der Waals surface area contributed by atoms with Crippen LogP contribution in [0.3, 0.4) is 0 Å². The topological polar surface area (TPSA) is 72.5 Å². The van der Waals surface area contributed by atoms with Crippen molar-refractivity contribution in [3.8, 4) is 0 Å². The summed E-state index contributed by atoms with van der Waals surface area (Å²) < 4.78 is 4.29. The largest absolute Gasteiger partial charge is 0.468 e. The van der Waals surface area contributed by atoms with Crippen LogP contribution in [0.1, 0.15) is 6.42 Å². The first-order valence-electron chi connectivity index (χ1n) is 2.66. The van der Waals surface area contributed by atoms with Crippen LogP contribution in [0.25, 0.3) is 0 Å². The zero-order valence-electron chi connectivity index (χ0n) is 5.74. The van der Waals surface area contributed by atoms with Crippen LogP contribution >= 0.6 is 12.4 Å². The van der Waals surface area contributed by atoms with Gasteiger partial charge in [-0.3, -0.25) is 4.79 Å². The molecular weight excluding hydrogens is 158 g/mol. The summed E-state index contributed by atoms with van der Waals surface area (Å²) in [6.45, 7) is -0.0870. The average Bonchev–Trinajstić information content (AvgIpc) is 1.87. The Morgan fingerprint density at radius 1 is 1.80 bits per heavy atom. The van der Waals surface area contributed by atoms with Gasteiger partial charge in [0.15, 0.2) is 0 Å². The number of ether oxygens (including phenoxy) is 1. The first-order valence-corrected chi connectivity index (χ1v) is 2.66. The van der Waals surface area contributed by atoms with Crippen LogP contribution in [-0.2, 0) is 9.53 Å². The number of methoxy groups -OCH3 is 1. The SMILES string of the molecule is COC(=O)[C@H](N)CCO.Cl. The molecule has 0 fully saturated rings. The predicted molar refractivity (Wildman–Crippen MR) is 38.9 cm³/mol. The van der Waals surface area contributed by atoms with Crippen molar-refractivity contribution in [1.29, 1.82) is 0 Å². The fraction of sp³-hybridized carbons (Fsp3) is 0.800. The molecule has 10 heavy (non-hydrogen) atoms. The third-order valence-corrected chi connectivity index (χ3v) is 0.944. The first kappa shape index (κ1) is 12.4. The van der Waals surface area contributed by atoms with Crippen LogP contribution in [0, 0.1) is 0 Å². The maximum atomic E-state index is 10.4. The number of aliphatic hydroxyl groups is 1. The van der Waals surface area contributed by atoms with Crippen LogP contribution in [0.2, 0.25) is 0 Å². The molecule has 0 saturated heterocycles. The van der Waals surface area contributed by atoms with E-state index in [0.717, 1.165) is 0 Å². The number of carbonyl (C=O) groups excluding carboxylic acids is 1. The first-order chi connectivity index (χ1) is 4.22. The number of hydrogen-bond donors (Lipinski definition) is 2. The Balaban J connectivity index is 0. The van der Waals surface area contributed by atoms with Crippen LogP contribution in [0.4, 0.5) is 0 Å². The van der Waals surface area contributed by atoms with Gasteiger partial charge in [-0.05, 0) is 6.42 Å². The zero-order valence-corrected chi connectivity index (χ0v) is 6.56. The van der Waals surface area contributed by atoms with Crippen LogP contribution in [0.5, 0.6) is 0 Å². The molecule has 5 heteroatoms. The molecule has 1 atom stereocenters. The Bertz CT molecular complexity index is 98.9. The summed E-state index contributed by atoms with van der Waals surface area (Å²) in [4.78, 5) is 10.4. The number of hydrogen-bond acceptors (Lipinski definition) is 4. The van der Waals surface area contributed by atoms with Gasteiger partial charge in [0.05, 0.1) is 7.11 Å². The summed E-state index contributed by atoms with van der Waals surface area (Å²) in [5.41, 5.74) is 5.20. The summed E-state index contributed by atoms with van der Waals surface area (Å²) >= 11 is 0. The lowest BCUT2D eigenvalue weighted by Gasteiger charge is -2.04. The number of halogens is 1. The molecule has 0 saturated carbocycles. The molecule has 0 bridgehead atoms. The van der Waals surface area contributed by atoms with Gasteiger partial charge in [0.25, 0.3) is 0 Å². The van der Waals surface area contributed by atoms with Gasteiger partial charge >= 0.3 is 5.97 Å². The Kier molecular flexibility index (Phi) is 8.40. The summed E-state index contributed by atoms with van der Waals surface area (Å²) in [6.07, 6.45) is 0.257. The van der Waals surface area contributed by atoms with E-state index in [0.29, 0.717) is 0 Å². The molecule has 0 spiro atoms. The molecule has 0 heterocycles. The lowest BCUT2D eigenvalue weighted by Crippen LogP contribution is -2.32. The van der Waals surface area contributed by atoms with E-state index in [1.807, 2.05) is 0 Å². The van der Waals surface area contributed by atoms with Crippen molar-refractivity contribution in [2.45, 2.75) is 12.5 Å². The van der Waals surface area contributed by atoms with Crippen molar-refractivity contribution in [2.75, 3.05) is 13.7 Å². The number of nitrogens with two attached hydrogens (primary N) is 1. The minimum absolute atomic E-state index is 0. The van der Waals surface area contributed by atoms with Crippen molar-refractivity contribution >= 4 is 18.4 Å². The monoisotopic (exact) mass is 169 g/mol. The molecule has 0 amide bonds.